The molecular weight excluding hydrogens is 391 g/mol. The zero-order chi connectivity index (χ0) is 21.4. The highest BCUT2D eigenvalue weighted by Crippen LogP contribution is 2.29. The molecule has 4 rings (SSSR count). The lowest BCUT2D eigenvalue weighted by Crippen LogP contribution is -2.30. The SMILES string of the molecule is COc1nn(CCN(C)C)cc1Nc1nc(N2C[C@@H](N)[C@H](F)C2)nn2c(C)cnc12. The number of aromatic nitrogens is 6. The van der Waals surface area contributed by atoms with Crippen LogP contribution in [0.25, 0.3) is 5.65 Å². The normalized spacial score (nSPS) is 19.2. The molecule has 0 saturated carbocycles. The van der Waals surface area contributed by atoms with Crippen molar-refractivity contribution >= 4 is 23.1 Å². The molecule has 162 valence electrons. The van der Waals surface area contributed by atoms with Gasteiger partial charge in [0, 0.05) is 13.1 Å². The molecule has 0 radical (unpaired) electrons. The second kappa shape index (κ2) is 8.03. The smallest absolute Gasteiger partial charge is 0.256 e. The van der Waals surface area contributed by atoms with E-state index in [1.165, 1.54) is 0 Å². The third-order valence-electron chi connectivity index (χ3n) is 5.05. The molecule has 3 aromatic heterocycles. The lowest BCUT2D eigenvalue weighted by atomic mass is 10.3. The number of hydrogen-bond donors (Lipinski definition) is 2. The zero-order valence-electron chi connectivity index (χ0n) is 17.6. The first-order chi connectivity index (χ1) is 14.4. The minimum absolute atomic E-state index is 0.158. The molecule has 0 unspecified atom stereocenters. The molecule has 0 aliphatic carbocycles. The van der Waals surface area contributed by atoms with Gasteiger partial charge in [0.15, 0.2) is 11.5 Å². The molecule has 3 N–H and O–H groups in total. The van der Waals surface area contributed by atoms with E-state index in [9.17, 15) is 4.39 Å². The topological polar surface area (TPSA) is 115 Å². The quantitative estimate of drug-likeness (QED) is 0.564. The van der Waals surface area contributed by atoms with Crippen molar-refractivity contribution in [2.24, 2.45) is 5.73 Å². The molecule has 30 heavy (non-hydrogen) atoms. The van der Waals surface area contributed by atoms with Gasteiger partial charge in [0.05, 0.1) is 44.3 Å². The first-order valence-corrected chi connectivity index (χ1v) is 9.76. The van der Waals surface area contributed by atoms with Crippen molar-refractivity contribution in [3.05, 3.63) is 18.1 Å². The molecule has 1 aliphatic heterocycles. The van der Waals surface area contributed by atoms with Gasteiger partial charge in [0.1, 0.15) is 11.9 Å². The van der Waals surface area contributed by atoms with Gasteiger partial charge in [-0.05, 0) is 21.0 Å². The Morgan fingerprint density at radius 1 is 1.33 bits per heavy atom. The van der Waals surface area contributed by atoms with Gasteiger partial charge in [-0.15, -0.1) is 10.2 Å². The van der Waals surface area contributed by atoms with Crippen LogP contribution in [0.4, 0.5) is 21.8 Å². The van der Waals surface area contributed by atoms with Crippen LogP contribution in [0.5, 0.6) is 5.88 Å². The fourth-order valence-corrected chi connectivity index (χ4v) is 3.34. The second-order valence-electron chi connectivity index (χ2n) is 7.72. The Kier molecular flexibility index (Phi) is 5.43. The Labute approximate surface area is 173 Å². The third-order valence-corrected chi connectivity index (χ3v) is 5.05. The molecular formula is C18H27FN10O. The molecule has 0 spiro atoms. The van der Waals surface area contributed by atoms with Gasteiger partial charge in [0.2, 0.25) is 5.95 Å². The number of hydrogen-bond acceptors (Lipinski definition) is 9. The molecule has 4 heterocycles. The number of nitrogens with zero attached hydrogens (tertiary/aromatic N) is 8. The average Bonchev–Trinajstić information content (AvgIpc) is 3.38. The van der Waals surface area contributed by atoms with Gasteiger partial charge in [-0.3, -0.25) is 4.68 Å². The second-order valence-corrected chi connectivity index (χ2v) is 7.72. The zero-order valence-corrected chi connectivity index (χ0v) is 17.6. The fraction of sp³-hybridized carbons (Fsp3) is 0.556. The maximum atomic E-state index is 14.0. The minimum atomic E-state index is -1.11. The van der Waals surface area contributed by atoms with E-state index in [2.05, 4.69) is 30.4 Å². The van der Waals surface area contributed by atoms with Crippen LogP contribution in [0, 0.1) is 6.92 Å². The molecule has 3 aromatic rings. The summed E-state index contributed by atoms with van der Waals surface area (Å²) in [5.74, 6) is 1.32. The van der Waals surface area contributed by atoms with Crippen molar-refractivity contribution in [1.29, 1.82) is 0 Å². The van der Waals surface area contributed by atoms with Crippen molar-refractivity contribution in [3.8, 4) is 5.88 Å². The van der Waals surface area contributed by atoms with E-state index in [1.807, 2.05) is 31.9 Å². The van der Waals surface area contributed by atoms with Gasteiger partial charge in [-0.2, -0.15) is 4.98 Å². The largest absolute Gasteiger partial charge is 0.478 e. The molecule has 2 atom stereocenters. The Morgan fingerprint density at radius 2 is 2.13 bits per heavy atom. The van der Waals surface area contributed by atoms with Crippen molar-refractivity contribution in [1.82, 2.24) is 34.3 Å². The monoisotopic (exact) mass is 418 g/mol. The van der Waals surface area contributed by atoms with Crippen LogP contribution in [0.3, 0.4) is 0 Å². The van der Waals surface area contributed by atoms with Gasteiger partial charge >= 0.3 is 0 Å². The van der Waals surface area contributed by atoms with Crippen LogP contribution in [0.2, 0.25) is 0 Å². The molecule has 12 heteroatoms. The van der Waals surface area contributed by atoms with E-state index in [1.54, 1.807) is 22.7 Å². The van der Waals surface area contributed by atoms with Crippen LogP contribution < -0.4 is 20.7 Å². The maximum Gasteiger partial charge on any atom is 0.256 e. The summed E-state index contributed by atoms with van der Waals surface area (Å²) in [7, 11) is 5.58. The Balaban J connectivity index is 1.69. The number of imidazole rings is 1. The molecule has 1 aliphatic rings. The summed E-state index contributed by atoms with van der Waals surface area (Å²) in [5.41, 5.74) is 7.89. The van der Waals surface area contributed by atoms with E-state index >= 15 is 0 Å². The van der Waals surface area contributed by atoms with Crippen molar-refractivity contribution < 1.29 is 9.13 Å². The number of anilines is 3. The predicted octanol–water partition coefficient (Wildman–Crippen LogP) is 0.428. The van der Waals surface area contributed by atoms with Crippen LogP contribution in [-0.4, -0.2) is 87.3 Å². The summed E-state index contributed by atoms with van der Waals surface area (Å²) < 4.78 is 22.9. The lowest BCUT2D eigenvalue weighted by Gasteiger charge is -2.17. The molecule has 1 fully saturated rings. The molecule has 0 bridgehead atoms. The summed E-state index contributed by atoms with van der Waals surface area (Å²) >= 11 is 0. The van der Waals surface area contributed by atoms with Gasteiger partial charge in [-0.1, -0.05) is 0 Å². The van der Waals surface area contributed by atoms with E-state index in [0.29, 0.717) is 42.1 Å². The summed E-state index contributed by atoms with van der Waals surface area (Å²) in [6, 6.07) is -0.556. The lowest BCUT2D eigenvalue weighted by molar-refractivity contribution is 0.333. The van der Waals surface area contributed by atoms with E-state index in [0.717, 1.165) is 12.2 Å². The van der Waals surface area contributed by atoms with Crippen LogP contribution in [-0.2, 0) is 6.54 Å². The molecule has 0 aromatic carbocycles. The van der Waals surface area contributed by atoms with Crippen molar-refractivity contribution in [2.75, 3.05) is 51.1 Å². The van der Waals surface area contributed by atoms with Gasteiger partial charge in [0.25, 0.3) is 5.88 Å². The number of alkyl halides is 1. The number of likely N-dealkylation sites (N-methyl/N-ethyl adjacent to an activating group) is 1. The highest BCUT2D eigenvalue weighted by Gasteiger charge is 2.32. The number of halogens is 1. The van der Waals surface area contributed by atoms with Crippen LogP contribution >= 0.6 is 0 Å². The van der Waals surface area contributed by atoms with Gasteiger partial charge < -0.3 is 25.6 Å². The Morgan fingerprint density at radius 3 is 2.80 bits per heavy atom. The third kappa shape index (κ3) is 3.87. The summed E-state index contributed by atoms with van der Waals surface area (Å²) in [4.78, 5) is 12.9. The fourth-order valence-electron chi connectivity index (χ4n) is 3.34. The van der Waals surface area contributed by atoms with Crippen LogP contribution in [0.1, 0.15) is 5.69 Å². The Hall–Kier alpha value is -2.99. The number of ether oxygens (including phenoxy) is 1. The van der Waals surface area contributed by atoms with E-state index in [-0.39, 0.29) is 6.54 Å². The molecule has 0 amide bonds. The number of methoxy groups -OCH3 is 1. The van der Waals surface area contributed by atoms with Gasteiger partial charge in [-0.25, -0.2) is 13.9 Å². The highest BCUT2D eigenvalue weighted by atomic mass is 19.1. The van der Waals surface area contributed by atoms with Crippen molar-refractivity contribution in [3.63, 3.8) is 0 Å². The molecule has 1 saturated heterocycles. The number of rotatable bonds is 7. The number of fused-ring (bicyclic) bond motifs is 1. The number of aryl methyl sites for hydroxylation is 1. The van der Waals surface area contributed by atoms with E-state index < -0.39 is 12.2 Å². The highest BCUT2D eigenvalue weighted by molar-refractivity contribution is 5.73. The Bertz CT molecular complexity index is 1020. The first-order valence-electron chi connectivity index (χ1n) is 9.76. The number of nitrogens with two attached hydrogens (primary N) is 1. The average molecular weight is 418 g/mol. The standard InChI is InChI=1S/C18H27FN10O/c1-11-7-21-16-15(22-14-10-28(6-5-26(2)3)24-17(14)30-4)23-18(25-29(11)16)27-8-12(19)13(20)9-27/h7,10,12-13H,5-6,8-9,20H2,1-4H3,(H,22,23,25)/t12-,13-/m1/s1. The summed E-state index contributed by atoms with van der Waals surface area (Å²) in [6.45, 7) is 3.96. The predicted molar refractivity (Wildman–Crippen MR) is 111 cm³/mol. The molecule has 11 nitrogen and oxygen atoms in total. The number of nitrogens with one attached hydrogen (secondary N) is 1. The first kappa shape index (κ1) is 20.3. The van der Waals surface area contributed by atoms with E-state index in [4.69, 9.17) is 10.5 Å². The minimum Gasteiger partial charge on any atom is -0.478 e. The van der Waals surface area contributed by atoms with Crippen LogP contribution in [0.15, 0.2) is 12.4 Å². The maximum absolute atomic E-state index is 14.0. The summed E-state index contributed by atoms with van der Waals surface area (Å²) in [6.07, 6.45) is 2.46. The summed E-state index contributed by atoms with van der Waals surface area (Å²) in [5, 5.41) is 12.3. The van der Waals surface area contributed by atoms with Crippen molar-refractivity contribution in [2.45, 2.75) is 25.7 Å².